The highest BCUT2D eigenvalue weighted by atomic mass is 16.4. The maximum absolute atomic E-state index is 11.5. The van der Waals surface area contributed by atoms with Gasteiger partial charge in [-0.15, -0.1) is 0 Å². The quantitative estimate of drug-likeness (QED) is 0.496. The van der Waals surface area contributed by atoms with E-state index in [9.17, 15) is 4.79 Å². The number of likely N-dealkylation sites (tertiary alicyclic amines) is 1. The Morgan fingerprint density at radius 2 is 2.32 bits per heavy atom. The van der Waals surface area contributed by atoms with E-state index in [2.05, 4.69) is 24.2 Å². The van der Waals surface area contributed by atoms with Crippen molar-refractivity contribution in [3.8, 4) is 0 Å². The minimum absolute atomic E-state index is 0.287. The number of furan rings is 1. The van der Waals surface area contributed by atoms with Gasteiger partial charge in [-0.05, 0) is 39.2 Å². The molecule has 0 radical (unpaired) electrons. The van der Waals surface area contributed by atoms with Crippen LogP contribution in [0.2, 0.25) is 0 Å². The van der Waals surface area contributed by atoms with Crippen LogP contribution in [0.1, 0.15) is 55.0 Å². The Morgan fingerprint density at radius 1 is 1.58 bits per heavy atom. The zero-order chi connectivity index (χ0) is 14.0. The minimum atomic E-state index is -0.379. The number of nitrogen functional groups attached to an aromatic ring is 1. The van der Waals surface area contributed by atoms with E-state index >= 15 is 0 Å². The molecule has 1 amide bonds. The van der Waals surface area contributed by atoms with Gasteiger partial charge in [-0.3, -0.25) is 15.1 Å². The van der Waals surface area contributed by atoms with Crippen LogP contribution in [0.25, 0.3) is 0 Å². The molecule has 1 aliphatic rings. The normalized spacial score (nSPS) is 23.8. The van der Waals surface area contributed by atoms with Crippen molar-refractivity contribution in [2.45, 2.75) is 58.7 Å². The van der Waals surface area contributed by atoms with Crippen LogP contribution in [0.5, 0.6) is 0 Å². The number of hydrazine groups is 1. The zero-order valence-corrected chi connectivity index (χ0v) is 11.9. The van der Waals surface area contributed by atoms with Gasteiger partial charge in [0.25, 0.3) is 0 Å². The Hall–Kier alpha value is -1.33. The summed E-state index contributed by atoms with van der Waals surface area (Å²) in [7, 11) is 0. The van der Waals surface area contributed by atoms with Crippen molar-refractivity contribution in [3.05, 3.63) is 23.2 Å². The van der Waals surface area contributed by atoms with E-state index in [1.165, 1.54) is 12.8 Å². The van der Waals surface area contributed by atoms with Crippen molar-refractivity contribution >= 4 is 5.91 Å². The third-order valence-electron chi connectivity index (χ3n) is 4.15. The minimum Gasteiger partial charge on any atom is -0.456 e. The molecule has 2 rings (SSSR count). The second kappa shape index (κ2) is 5.75. The maximum Gasteiger partial charge on any atom is 0.300 e. The van der Waals surface area contributed by atoms with E-state index in [1.807, 2.05) is 6.92 Å². The van der Waals surface area contributed by atoms with Crippen molar-refractivity contribution < 1.29 is 9.21 Å². The molecule has 5 nitrogen and oxygen atoms in total. The SMILES string of the molecule is CCC1CCC(C)N1Cc1cc(C(=O)NN)oc1C. The molecule has 0 aliphatic carbocycles. The van der Waals surface area contributed by atoms with Crippen LogP contribution in [-0.4, -0.2) is 22.9 Å². The number of nitrogens with two attached hydrogens (primary N) is 1. The van der Waals surface area contributed by atoms with E-state index in [4.69, 9.17) is 10.3 Å². The number of amides is 1. The lowest BCUT2D eigenvalue weighted by molar-refractivity contribution is 0.0924. The van der Waals surface area contributed by atoms with Crippen LogP contribution in [-0.2, 0) is 6.54 Å². The second-order valence-corrected chi connectivity index (χ2v) is 5.33. The predicted molar refractivity (Wildman–Crippen MR) is 73.4 cm³/mol. The summed E-state index contributed by atoms with van der Waals surface area (Å²) in [5, 5.41) is 0. The van der Waals surface area contributed by atoms with E-state index in [1.54, 1.807) is 6.07 Å². The summed E-state index contributed by atoms with van der Waals surface area (Å²) in [6.07, 6.45) is 3.66. The van der Waals surface area contributed by atoms with Gasteiger partial charge in [-0.1, -0.05) is 6.92 Å². The zero-order valence-electron chi connectivity index (χ0n) is 11.9. The van der Waals surface area contributed by atoms with E-state index in [-0.39, 0.29) is 11.7 Å². The lowest BCUT2D eigenvalue weighted by Crippen LogP contribution is -2.33. The van der Waals surface area contributed by atoms with Crippen molar-refractivity contribution in [1.82, 2.24) is 10.3 Å². The smallest absolute Gasteiger partial charge is 0.300 e. The number of carbonyl (C=O) groups excluding carboxylic acids is 1. The first kappa shape index (κ1) is 14.1. The molecule has 2 atom stereocenters. The van der Waals surface area contributed by atoms with Crippen LogP contribution in [0.15, 0.2) is 10.5 Å². The Kier molecular flexibility index (Phi) is 4.27. The topological polar surface area (TPSA) is 71.5 Å². The Morgan fingerprint density at radius 3 is 2.95 bits per heavy atom. The fraction of sp³-hybridized carbons (Fsp3) is 0.643. The number of nitrogens with zero attached hydrogens (tertiary/aromatic N) is 1. The number of rotatable bonds is 4. The van der Waals surface area contributed by atoms with E-state index < -0.39 is 0 Å². The lowest BCUT2D eigenvalue weighted by atomic mass is 10.1. The van der Waals surface area contributed by atoms with Crippen LogP contribution < -0.4 is 11.3 Å². The molecule has 3 N–H and O–H groups in total. The average molecular weight is 265 g/mol. The number of carbonyl (C=O) groups is 1. The Labute approximate surface area is 114 Å². The van der Waals surface area contributed by atoms with Gasteiger partial charge in [-0.2, -0.15) is 0 Å². The Bertz CT molecular complexity index is 456. The summed E-state index contributed by atoms with van der Waals surface area (Å²) in [6.45, 7) is 7.22. The fourth-order valence-corrected chi connectivity index (χ4v) is 2.91. The third kappa shape index (κ3) is 2.82. The van der Waals surface area contributed by atoms with Crippen molar-refractivity contribution in [2.75, 3.05) is 0 Å². The van der Waals surface area contributed by atoms with Gasteiger partial charge in [0.1, 0.15) is 5.76 Å². The molecule has 0 aromatic carbocycles. The predicted octanol–water partition coefficient (Wildman–Crippen LogP) is 1.95. The summed E-state index contributed by atoms with van der Waals surface area (Å²) >= 11 is 0. The van der Waals surface area contributed by atoms with Gasteiger partial charge in [0, 0.05) is 24.2 Å². The molecule has 2 unspecified atom stereocenters. The molecule has 0 spiro atoms. The van der Waals surface area contributed by atoms with Gasteiger partial charge in [0.2, 0.25) is 0 Å². The molecule has 2 heterocycles. The first-order valence-electron chi connectivity index (χ1n) is 6.92. The monoisotopic (exact) mass is 265 g/mol. The summed E-state index contributed by atoms with van der Waals surface area (Å²) in [4.78, 5) is 14.0. The number of aryl methyl sites for hydroxylation is 1. The number of hydrogen-bond donors (Lipinski definition) is 2. The molecule has 1 aliphatic heterocycles. The molecule has 1 fully saturated rings. The molecular weight excluding hydrogens is 242 g/mol. The molecule has 19 heavy (non-hydrogen) atoms. The van der Waals surface area contributed by atoms with Gasteiger partial charge >= 0.3 is 5.91 Å². The van der Waals surface area contributed by atoms with E-state index in [0.717, 1.165) is 24.3 Å². The Balaban J connectivity index is 2.14. The first-order valence-corrected chi connectivity index (χ1v) is 6.92. The first-order chi connectivity index (χ1) is 9.06. The average Bonchev–Trinajstić information content (AvgIpc) is 2.94. The number of nitrogens with one attached hydrogen (secondary N) is 1. The maximum atomic E-state index is 11.5. The molecule has 0 bridgehead atoms. The van der Waals surface area contributed by atoms with Gasteiger partial charge in [0.05, 0.1) is 0 Å². The third-order valence-corrected chi connectivity index (χ3v) is 4.15. The van der Waals surface area contributed by atoms with Crippen LogP contribution in [0.4, 0.5) is 0 Å². The highest BCUT2D eigenvalue weighted by Gasteiger charge is 2.30. The van der Waals surface area contributed by atoms with Crippen molar-refractivity contribution in [1.29, 1.82) is 0 Å². The standard InChI is InChI=1S/C14H23N3O2/c1-4-12-6-5-9(2)17(12)8-11-7-13(14(18)16-15)19-10(11)3/h7,9,12H,4-6,8,15H2,1-3H3,(H,16,18). The molecule has 106 valence electrons. The lowest BCUT2D eigenvalue weighted by Gasteiger charge is -2.27. The van der Waals surface area contributed by atoms with Crippen LogP contribution >= 0.6 is 0 Å². The molecule has 5 heteroatoms. The summed E-state index contributed by atoms with van der Waals surface area (Å²) in [5.41, 5.74) is 3.17. The molecule has 1 aromatic heterocycles. The molecule has 1 aromatic rings. The van der Waals surface area contributed by atoms with Gasteiger partial charge in [-0.25, -0.2) is 5.84 Å². The highest BCUT2D eigenvalue weighted by molar-refractivity contribution is 5.91. The second-order valence-electron chi connectivity index (χ2n) is 5.33. The largest absolute Gasteiger partial charge is 0.456 e. The van der Waals surface area contributed by atoms with Gasteiger partial charge in [0.15, 0.2) is 5.76 Å². The van der Waals surface area contributed by atoms with Crippen LogP contribution in [0, 0.1) is 6.92 Å². The molecular formula is C14H23N3O2. The molecule has 0 saturated carbocycles. The van der Waals surface area contributed by atoms with Crippen molar-refractivity contribution in [3.63, 3.8) is 0 Å². The van der Waals surface area contributed by atoms with Crippen molar-refractivity contribution in [2.24, 2.45) is 5.84 Å². The summed E-state index contributed by atoms with van der Waals surface area (Å²) in [6, 6.07) is 3.03. The summed E-state index contributed by atoms with van der Waals surface area (Å²) < 4.78 is 5.46. The van der Waals surface area contributed by atoms with Gasteiger partial charge < -0.3 is 4.42 Å². The highest BCUT2D eigenvalue weighted by Crippen LogP contribution is 2.29. The molecule has 1 saturated heterocycles. The van der Waals surface area contributed by atoms with E-state index in [0.29, 0.717) is 12.1 Å². The number of hydrogen-bond acceptors (Lipinski definition) is 4. The summed E-state index contributed by atoms with van der Waals surface area (Å²) in [5.74, 6) is 5.83. The fourth-order valence-electron chi connectivity index (χ4n) is 2.91. The van der Waals surface area contributed by atoms with Crippen LogP contribution in [0.3, 0.4) is 0 Å².